The van der Waals surface area contributed by atoms with Crippen LogP contribution in [-0.4, -0.2) is 54.2 Å². The molecule has 0 spiro atoms. The second kappa shape index (κ2) is 16.7. The van der Waals surface area contributed by atoms with E-state index < -0.39 is 0 Å². The van der Waals surface area contributed by atoms with Gasteiger partial charge in [-0.25, -0.2) is 0 Å². The van der Waals surface area contributed by atoms with Crippen molar-refractivity contribution in [2.45, 2.75) is 91.9 Å². The van der Waals surface area contributed by atoms with Gasteiger partial charge in [0.15, 0.2) is 0 Å². The molecule has 0 aliphatic heterocycles. The molecule has 3 nitrogen and oxygen atoms in total. The maximum absolute atomic E-state index is 10.4. The minimum atomic E-state index is 0.500. The van der Waals surface area contributed by atoms with Crippen molar-refractivity contribution in [3.8, 4) is 5.75 Å². The zero-order valence-corrected chi connectivity index (χ0v) is 19.9. The maximum Gasteiger partial charge on any atom is 0.119 e. The molecule has 3 heteroatoms. The van der Waals surface area contributed by atoms with Gasteiger partial charge in [-0.1, -0.05) is 39.8 Å². The van der Waals surface area contributed by atoms with E-state index in [4.69, 9.17) is 0 Å². The fourth-order valence-corrected chi connectivity index (χ4v) is 4.37. The molecule has 0 aliphatic rings. The third-order valence-corrected chi connectivity index (χ3v) is 5.73. The van der Waals surface area contributed by atoms with Gasteiger partial charge in [0.05, 0.1) is 0 Å². The van der Waals surface area contributed by atoms with Gasteiger partial charge >= 0.3 is 0 Å². The number of phenols is 1. The summed E-state index contributed by atoms with van der Waals surface area (Å²) in [4.78, 5) is 5.19. The third kappa shape index (κ3) is 11.1. The van der Waals surface area contributed by atoms with E-state index in [0.717, 1.165) is 19.3 Å². The van der Waals surface area contributed by atoms with Gasteiger partial charge in [-0.3, -0.25) is 0 Å². The topological polar surface area (TPSA) is 26.7 Å². The minimum absolute atomic E-state index is 0.500. The summed E-state index contributed by atoms with van der Waals surface area (Å²) in [5, 5.41) is 10.4. The molecule has 168 valence electrons. The zero-order chi connectivity index (χ0) is 21.3. The highest BCUT2D eigenvalue weighted by molar-refractivity contribution is 5.39. The van der Waals surface area contributed by atoms with Crippen LogP contribution in [0.3, 0.4) is 0 Å². The van der Waals surface area contributed by atoms with Crippen molar-refractivity contribution in [2.75, 3.05) is 39.3 Å². The lowest BCUT2D eigenvalue weighted by Gasteiger charge is -2.21. The van der Waals surface area contributed by atoms with E-state index in [1.807, 2.05) is 12.1 Å². The number of rotatable bonds is 18. The lowest BCUT2D eigenvalue weighted by Crippen LogP contribution is -2.26. The number of nitrogens with zero attached hydrogens (tertiary/aromatic N) is 2. The Morgan fingerprint density at radius 1 is 0.621 bits per heavy atom. The van der Waals surface area contributed by atoms with Crippen molar-refractivity contribution < 1.29 is 5.11 Å². The number of hydrogen-bond donors (Lipinski definition) is 1. The summed E-state index contributed by atoms with van der Waals surface area (Å²) < 4.78 is 0. The molecule has 1 rings (SSSR count). The Morgan fingerprint density at radius 2 is 1.10 bits per heavy atom. The molecule has 0 saturated heterocycles. The quantitative estimate of drug-likeness (QED) is 0.292. The van der Waals surface area contributed by atoms with Crippen molar-refractivity contribution in [3.05, 3.63) is 29.3 Å². The number of phenolic OH excluding ortho intramolecular Hbond substituents is 1. The van der Waals surface area contributed by atoms with Gasteiger partial charge in [0, 0.05) is 0 Å². The smallest absolute Gasteiger partial charge is 0.119 e. The van der Waals surface area contributed by atoms with E-state index in [9.17, 15) is 5.11 Å². The Balaban J connectivity index is 2.46. The van der Waals surface area contributed by atoms with Crippen molar-refractivity contribution in [3.63, 3.8) is 0 Å². The average Bonchev–Trinajstić information content (AvgIpc) is 2.70. The number of benzene rings is 1. The molecule has 29 heavy (non-hydrogen) atoms. The summed E-state index contributed by atoms with van der Waals surface area (Å²) in [6.07, 6.45) is 11.9. The molecule has 0 radical (unpaired) electrons. The normalized spacial score (nSPS) is 11.7. The van der Waals surface area contributed by atoms with Crippen LogP contribution in [0.25, 0.3) is 0 Å². The highest BCUT2D eigenvalue weighted by Gasteiger charge is 2.09. The molecular weight excluding hydrogens is 356 g/mol. The first-order valence-corrected chi connectivity index (χ1v) is 12.4. The first kappa shape index (κ1) is 26.0. The lowest BCUT2D eigenvalue weighted by molar-refractivity contribution is 0.268. The first-order chi connectivity index (χ1) is 14.2. The standard InChI is InChI=1S/C26H48N2O/c1-5-18-27(19-6-2)22-11-9-14-24-15-13-17-26(29)25(24)16-10-12-23-28(20-7-3)21-8-4/h13,15,17,29H,5-12,14,16,18-23H2,1-4H3. The second-order valence-electron chi connectivity index (χ2n) is 8.51. The van der Waals surface area contributed by atoms with Crippen molar-refractivity contribution >= 4 is 0 Å². The summed E-state index contributed by atoms with van der Waals surface area (Å²) in [5.41, 5.74) is 2.56. The van der Waals surface area contributed by atoms with Crippen LogP contribution in [0.4, 0.5) is 0 Å². The minimum Gasteiger partial charge on any atom is -0.508 e. The molecule has 0 amide bonds. The predicted molar refractivity (Wildman–Crippen MR) is 128 cm³/mol. The lowest BCUT2D eigenvalue weighted by atomic mass is 9.96. The molecule has 1 aromatic carbocycles. The van der Waals surface area contributed by atoms with Crippen LogP contribution in [0, 0.1) is 0 Å². The van der Waals surface area contributed by atoms with Crippen molar-refractivity contribution in [1.29, 1.82) is 0 Å². The molecule has 0 atom stereocenters. The van der Waals surface area contributed by atoms with Gasteiger partial charge in [-0.15, -0.1) is 0 Å². The highest BCUT2D eigenvalue weighted by Crippen LogP contribution is 2.24. The van der Waals surface area contributed by atoms with Gasteiger partial charge in [-0.2, -0.15) is 0 Å². The number of aryl methyl sites for hydroxylation is 1. The average molecular weight is 405 g/mol. The van der Waals surface area contributed by atoms with Crippen LogP contribution >= 0.6 is 0 Å². The Labute approximate surface area is 181 Å². The fourth-order valence-electron chi connectivity index (χ4n) is 4.37. The molecule has 0 heterocycles. The van der Waals surface area contributed by atoms with E-state index in [1.165, 1.54) is 95.3 Å². The van der Waals surface area contributed by atoms with Crippen LogP contribution in [0.15, 0.2) is 18.2 Å². The summed E-state index contributed by atoms with van der Waals surface area (Å²) in [6, 6.07) is 6.10. The molecule has 1 aromatic rings. The molecule has 0 fully saturated rings. The van der Waals surface area contributed by atoms with Crippen LogP contribution in [-0.2, 0) is 12.8 Å². The van der Waals surface area contributed by atoms with Crippen LogP contribution in [0.1, 0.15) is 90.2 Å². The van der Waals surface area contributed by atoms with Gasteiger partial charge in [0.25, 0.3) is 0 Å². The maximum atomic E-state index is 10.4. The molecule has 1 N–H and O–H groups in total. The van der Waals surface area contributed by atoms with Gasteiger partial charge < -0.3 is 14.9 Å². The van der Waals surface area contributed by atoms with E-state index in [-0.39, 0.29) is 0 Å². The summed E-state index contributed by atoms with van der Waals surface area (Å²) in [7, 11) is 0. The summed E-state index contributed by atoms with van der Waals surface area (Å²) in [5.74, 6) is 0.500. The Morgan fingerprint density at radius 3 is 1.59 bits per heavy atom. The van der Waals surface area contributed by atoms with Crippen molar-refractivity contribution in [2.24, 2.45) is 0 Å². The first-order valence-electron chi connectivity index (χ1n) is 12.4. The molecule has 0 bridgehead atoms. The Bertz CT molecular complexity index is 505. The van der Waals surface area contributed by atoms with Crippen molar-refractivity contribution in [1.82, 2.24) is 9.80 Å². The van der Waals surface area contributed by atoms with E-state index in [2.05, 4.69) is 43.6 Å². The van der Waals surface area contributed by atoms with Gasteiger partial charge in [0.1, 0.15) is 5.75 Å². The summed E-state index contributed by atoms with van der Waals surface area (Å²) >= 11 is 0. The molecule has 0 saturated carbocycles. The predicted octanol–water partition coefficient (Wildman–Crippen LogP) is 6.28. The Hall–Kier alpha value is -1.06. The van der Waals surface area contributed by atoms with Gasteiger partial charge in [-0.05, 0) is 121 Å². The second-order valence-corrected chi connectivity index (χ2v) is 8.51. The number of hydrogen-bond acceptors (Lipinski definition) is 3. The number of unbranched alkanes of at least 4 members (excludes halogenated alkanes) is 2. The van der Waals surface area contributed by atoms with E-state index in [1.54, 1.807) is 0 Å². The highest BCUT2D eigenvalue weighted by atomic mass is 16.3. The van der Waals surface area contributed by atoms with E-state index >= 15 is 0 Å². The van der Waals surface area contributed by atoms with Crippen LogP contribution in [0.5, 0.6) is 5.75 Å². The monoisotopic (exact) mass is 404 g/mol. The van der Waals surface area contributed by atoms with Gasteiger partial charge in [0.2, 0.25) is 0 Å². The SMILES string of the molecule is CCCN(CCC)CCCCc1cccc(O)c1CCCCN(CCC)CCC. The summed E-state index contributed by atoms with van der Waals surface area (Å²) in [6.45, 7) is 16.3. The van der Waals surface area contributed by atoms with Crippen LogP contribution < -0.4 is 0 Å². The van der Waals surface area contributed by atoms with E-state index in [0.29, 0.717) is 5.75 Å². The van der Waals surface area contributed by atoms with Crippen LogP contribution in [0.2, 0.25) is 0 Å². The Kier molecular flexibility index (Phi) is 15.0. The zero-order valence-electron chi connectivity index (χ0n) is 19.9. The number of aromatic hydroxyl groups is 1. The fraction of sp³-hybridized carbons (Fsp3) is 0.769. The molecule has 0 aliphatic carbocycles. The molecule has 0 unspecified atom stereocenters. The largest absolute Gasteiger partial charge is 0.508 e. The third-order valence-electron chi connectivity index (χ3n) is 5.73. The molecular formula is C26H48N2O. The molecule has 0 aromatic heterocycles.